The minimum absolute atomic E-state index is 0.187. The van der Waals surface area contributed by atoms with E-state index in [1.807, 2.05) is 12.1 Å². The molecule has 0 saturated heterocycles. The zero-order chi connectivity index (χ0) is 12.7. The molecular formula is C13H20N2OS. The molecule has 0 amide bonds. The number of oxime groups is 1. The third kappa shape index (κ3) is 3.97. The molecule has 0 unspecified atom stereocenters. The number of unbranched alkanes of at least 4 members (excludes halogenated alkanes) is 2. The number of rotatable bonds is 6. The van der Waals surface area contributed by atoms with E-state index in [9.17, 15) is 0 Å². The number of nitrogens with zero attached hydrogens (tertiary/aromatic N) is 1. The van der Waals surface area contributed by atoms with Crippen LogP contribution in [0.1, 0.15) is 37.3 Å². The summed E-state index contributed by atoms with van der Waals surface area (Å²) < 4.78 is 0. The van der Waals surface area contributed by atoms with Gasteiger partial charge in [0.1, 0.15) is 0 Å². The van der Waals surface area contributed by atoms with Crippen LogP contribution in [0.15, 0.2) is 28.3 Å². The molecule has 4 heteroatoms. The molecule has 0 aliphatic rings. The standard InChI is InChI=1S/C13H20N2OS/c1-3-4-5-9-17-12-10(2)7-6-8-11(12)13(14)15-16/h6-8,16H,3-5,9H2,1-2H3,(H2,14,15). The van der Waals surface area contributed by atoms with E-state index in [1.165, 1.54) is 24.8 Å². The van der Waals surface area contributed by atoms with Crippen molar-refractivity contribution in [3.63, 3.8) is 0 Å². The molecule has 0 bridgehead atoms. The van der Waals surface area contributed by atoms with Crippen molar-refractivity contribution in [3.8, 4) is 0 Å². The molecule has 0 aromatic heterocycles. The maximum absolute atomic E-state index is 8.77. The number of aryl methyl sites for hydroxylation is 1. The third-order valence-corrected chi connectivity index (χ3v) is 3.91. The monoisotopic (exact) mass is 252 g/mol. The lowest BCUT2D eigenvalue weighted by molar-refractivity contribution is 0.318. The maximum Gasteiger partial charge on any atom is 0.171 e. The molecule has 0 radical (unpaired) electrons. The van der Waals surface area contributed by atoms with E-state index in [4.69, 9.17) is 10.9 Å². The van der Waals surface area contributed by atoms with Crippen LogP contribution in [0.25, 0.3) is 0 Å². The summed E-state index contributed by atoms with van der Waals surface area (Å²) in [5.74, 6) is 1.26. The fourth-order valence-corrected chi connectivity index (χ4v) is 2.80. The van der Waals surface area contributed by atoms with Crippen LogP contribution < -0.4 is 5.73 Å². The number of benzene rings is 1. The van der Waals surface area contributed by atoms with Crippen LogP contribution in [0.3, 0.4) is 0 Å². The zero-order valence-electron chi connectivity index (χ0n) is 10.4. The minimum atomic E-state index is 0.187. The smallest absolute Gasteiger partial charge is 0.171 e. The molecule has 94 valence electrons. The Morgan fingerprint density at radius 2 is 2.18 bits per heavy atom. The first-order valence-electron chi connectivity index (χ1n) is 5.91. The van der Waals surface area contributed by atoms with Gasteiger partial charge in [0.2, 0.25) is 0 Å². The second-order valence-corrected chi connectivity index (χ2v) is 5.10. The van der Waals surface area contributed by atoms with Crippen molar-refractivity contribution < 1.29 is 5.21 Å². The Kier molecular flexibility index (Phi) is 5.91. The van der Waals surface area contributed by atoms with Crippen molar-refractivity contribution in [2.24, 2.45) is 10.9 Å². The molecule has 0 fully saturated rings. The third-order valence-electron chi connectivity index (χ3n) is 2.59. The highest BCUT2D eigenvalue weighted by Crippen LogP contribution is 2.27. The van der Waals surface area contributed by atoms with Gasteiger partial charge in [0.25, 0.3) is 0 Å². The lowest BCUT2D eigenvalue weighted by Gasteiger charge is -2.10. The van der Waals surface area contributed by atoms with Crippen molar-refractivity contribution in [1.82, 2.24) is 0 Å². The largest absolute Gasteiger partial charge is 0.409 e. The van der Waals surface area contributed by atoms with Gasteiger partial charge in [-0.1, -0.05) is 43.1 Å². The van der Waals surface area contributed by atoms with Gasteiger partial charge in [0.15, 0.2) is 5.84 Å². The average molecular weight is 252 g/mol. The van der Waals surface area contributed by atoms with Crippen LogP contribution in [0.4, 0.5) is 0 Å². The van der Waals surface area contributed by atoms with Gasteiger partial charge >= 0.3 is 0 Å². The first-order valence-corrected chi connectivity index (χ1v) is 6.89. The van der Waals surface area contributed by atoms with Gasteiger partial charge in [-0.05, 0) is 24.7 Å². The summed E-state index contributed by atoms with van der Waals surface area (Å²) in [5, 5.41) is 11.9. The van der Waals surface area contributed by atoms with Gasteiger partial charge in [-0.2, -0.15) is 0 Å². The summed E-state index contributed by atoms with van der Waals surface area (Å²) in [6.45, 7) is 4.25. The molecule has 3 N–H and O–H groups in total. The summed E-state index contributed by atoms with van der Waals surface area (Å²) in [7, 11) is 0. The molecule has 0 saturated carbocycles. The van der Waals surface area contributed by atoms with Crippen molar-refractivity contribution in [3.05, 3.63) is 29.3 Å². The molecule has 1 rings (SSSR count). The number of hydrogen-bond donors (Lipinski definition) is 2. The quantitative estimate of drug-likeness (QED) is 0.204. The Morgan fingerprint density at radius 3 is 2.82 bits per heavy atom. The van der Waals surface area contributed by atoms with Gasteiger partial charge in [-0.15, -0.1) is 11.8 Å². The van der Waals surface area contributed by atoms with Gasteiger partial charge in [0, 0.05) is 10.5 Å². The molecule has 17 heavy (non-hydrogen) atoms. The van der Waals surface area contributed by atoms with E-state index in [1.54, 1.807) is 11.8 Å². The van der Waals surface area contributed by atoms with Gasteiger partial charge in [0.05, 0.1) is 0 Å². The molecule has 1 aromatic carbocycles. The summed E-state index contributed by atoms with van der Waals surface area (Å²) >= 11 is 1.79. The highest BCUT2D eigenvalue weighted by atomic mass is 32.2. The fraction of sp³-hybridized carbons (Fsp3) is 0.462. The van der Waals surface area contributed by atoms with E-state index in [2.05, 4.69) is 25.1 Å². The highest BCUT2D eigenvalue weighted by molar-refractivity contribution is 7.99. The van der Waals surface area contributed by atoms with Crippen LogP contribution in [0.2, 0.25) is 0 Å². The van der Waals surface area contributed by atoms with E-state index >= 15 is 0 Å². The number of amidine groups is 1. The van der Waals surface area contributed by atoms with Crippen molar-refractivity contribution in [2.75, 3.05) is 5.75 Å². The summed E-state index contributed by atoms with van der Waals surface area (Å²) in [5.41, 5.74) is 7.69. The highest BCUT2D eigenvalue weighted by Gasteiger charge is 2.09. The summed E-state index contributed by atoms with van der Waals surface area (Å²) in [6, 6.07) is 5.87. The average Bonchev–Trinajstić information content (AvgIpc) is 2.35. The molecule has 0 aliphatic heterocycles. The maximum atomic E-state index is 8.77. The SMILES string of the molecule is CCCCCSc1c(C)cccc1/C(N)=N/O. The van der Waals surface area contributed by atoms with Crippen LogP contribution in [0, 0.1) is 6.92 Å². The molecule has 0 atom stereocenters. The fourth-order valence-electron chi connectivity index (χ4n) is 1.63. The van der Waals surface area contributed by atoms with Crippen molar-refractivity contribution >= 4 is 17.6 Å². The zero-order valence-corrected chi connectivity index (χ0v) is 11.3. The second-order valence-electron chi connectivity index (χ2n) is 3.99. The predicted molar refractivity (Wildman–Crippen MR) is 73.9 cm³/mol. The van der Waals surface area contributed by atoms with Crippen LogP contribution in [-0.2, 0) is 0 Å². The topological polar surface area (TPSA) is 58.6 Å². The first kappa shape index (κ1) is 13.9. The van der Waals surface area contributed by atoms with Crippen molar-refractivity contribution in [1.29, 1.82) is 0 Å². The molecule has 0 heterocycles. The number of thioether (sulfide) groups is 1. The van der Waals surface area contributed by atoms with Gasteiger partial charge < -0.3 is 10.9 Å². The minimum Gasteiger partial charge on any atom is -0.409 e. The molecule has 0 spiro atoms. The van der Waals surface area contributed by atoms with Crippen LogP contribution in [-0.4, -0.2) is 16.8 Å². The van der Waals surface area contributed by atoms with E-state index in [-0.39, 0.29) is 5.84 Å². The van der Waals surface area contributed by atoms with E-state index in [0.717, 1.165) is 16.2 Å². The predicted octanol–water partition coefficient (Wildman–Crippen LogP) is 3.37. The lowest BCUT2D eigenvalue weighted by Crippen LogP contribution is -2.14. The van der Waals surface area contributed by atoms with E-state index < -0.39 is 0 Å². The second kappa shape index (κ2) is 7.22. The Hall–Kier alpha value is -1.16. The molecule has 3 nitrogen and oxygen atoms in total. The number of hydrogen-bond acceptors (Lipinski definition) is 3. The normalized spacial score (nSPS) is 11.8. The van der Waals surface area contributed by atoms with Gasteiger partial charge in [-0.25, -0.2) is 0 Å². The Balaban J connectivity index is 2.81. The molecule has 0 aliphatic carbocycles. The lowest BCUT2D eigenvalue weighted by atomic mass is 10.1. The molecular weight excluding hydrogens is 232 g/mol. The Morgan fingerprint density at radius 1 is 1.41 bits per heavy atom. The van der Waals surface area contributed by atoms with E-state index in [0.29, 0.717) is 0 Å². The van der Waals surface area contributed by atoms with Crippen LogP contribution >= 0.6 is 11.8 Å². The van der Waals surface area contributed by atoms with Crippen molar-refractivity contribution in [2.45, 2.75) is 38.0 Å². The Labute approximate surface area is 107 Å². The molecule has 1 aromatic rings. The van der Waals surface area contributed by atoms with Crippen LogP contribution in [0.5, 0.6) is 0 Å². The Bertz CT molecular complexity index is 391. The number of nitrogens with two attached hydrogens (primary N) is 1. The first-order chi connectivity index (χ1) is 8.20. The summed E-state index contributed by atoms with van der Waals surface area (Å²) in [6.07, 6.45) is 3.67. The summed E-state index contributed by atoms with van der Waals surface area (Å²) in [4.78, 5) is 1.12. The van der Waals surface area contributed by atoms with Gasteiger partial charge in [-0.3, -0.25) is 0 Å².